The number of amides is 6. The van der Waals surface area contributed by atoms with Gasteiger partial charge in [0.2, 0.25) is 23.5 Å². The summed E-state index contributed by atoms with van der Waals surface area (Å²) in [4.78, 5) is 79.4. The number of phenols is 2. The first-order valence-corrected chi connectivity index (χ1v) is 20.7. The van der Waals surface area contributed by atoms with Crippen molar-refractivity contribution < 1.29 is 43.7 Å². The van der Waals surface area contributed by atoms with Crippen molar-refractivity contribution in [1.29, 1.82) is 0 Å². The standard InChI is InChI=1S/C46H48N8O9/c1-6-47-45(61)41-52-51-40(32-21-31(25(4)5)37(55)22-38(32)56)54(41)27-12-16-29(17-13-27)63-28-14-10-26(11-15-28)42(58)49-35(20-24(2)3)43(59)48-34-9-7-8-30-33(34)23-53(46(30)62)36-18-19-39(57)50-44(36)60/h7-17,21-22,24-25,35-36,55-56H,6,18-20,23H2,1-5H3,(H,47,61)(H,48,59)(H,49,58)(H,50,57,60)/t35-,36?/m0/s1. The van der Waals surface area contributed by atoms with Crippen LogP contribution in [0, 0.1) is 5.92 Å². The fraction of sp³-hybridized carbons (Fsp3) is 0.304. The molecule has 1 fully saturated rings. The Morgan fingerprint density at radius 1 is 0.873 bits per heavy atom. The number of aromatic hydroxyl groups is 2. The van der Waals surface area contributed by atoms with Crippen LogP contribution in [-0.4, -0.2) is 83.9 Å². The fourth-order valence-corrected chi connectivity index (χ4v) is 7.67. The van der Waals surface area contributed by atoms with Gasteiger partial charge in [-0.3, -0.25) is 38.7 Å². The molecule has 17 nitrogen and oxygen atoms in total. The Labute approximate surface area is 362 Å². The molecule has 6 amide bonds. The van der Waals surface area contributed by atoms with Crippen molar-refractivity contribution in [3.63, 3.8) is 0 Å². The van der Waals surface area contributed by atoms with Gasteiger partial charge in [0.25, 0.3) is 17.7 Å². The Morgan fingerprint density at radius 2 is 1.57 bits per heavy atom. The van der Waals surface area contributed by atoms with Gasteiger partial charge < -0.3 is 35.8 Å². The second-order valence-electron chi connectivity index (χ2n) is 16.1. The number of hydrogen-bond acceptors (Lipinski definition) is 11. The number of rotatable bonds is 14. The summed E-state index contributed by atoms with van der Waals surface area (Å²) in [5.74, 6) is -2.05. The SMILES string of the molecule is CCNC(=O)c1nnc(-c2cc(C(C)C)c(O)cc2O)n1-c1ccc(Oc2ccc(C(=O)N[C@@H](CC(C)C)C(=O)Nc3cccc4c3CN(C3CCC(=O)NC3=O)C4=O)cc2)cc1. The fourth-order valence-electron chi connectivity index (χ4n) is 7.67. The van der Waals surface area contributed by atoms with E-state index in [-0.39, 0.29) is 77.3 Å². The van der Waals surface area contributed by atoms with Crippen LogP contribution >= 0.6 is 0 Å². The zero-order chi connectivity index (χ0) is 45.1. The summed E-state index contributed by atoms with van der Waals surface area (Å²) in [5, 5.41) is 40.5. The molecule has 1 aromatic heterocycles. The molecule has 0 radical (unpaired) electrons. The normalized spacial score (nSPS) is 15.3. The molecular formula is C46H48N8O9. The van der Waals surface area contributed by atoms with E-state index in [4.69, 9.17) is 4.74 Å². The summed E-state index contributed by atoms with van der Waals surface area (Å²) in [6.07, 6.45) is 0.647. The summed E-state index contributed by atoms with van der Waals surface area (Å²) >= 11 is 0. The molecule has 0 saturated carbocycles. The minimum Gasteiger partial charge on any atom is -0.508 e. The average Bonchev–Trinajstić information content (AvgIpc) is 3.83. The van der Waals surface area contributed by atoms with Crippen LogP contribution in [0.25, 0.3) is 17.1 Å². The maximum Gasteiger partial charge on any atom is 0.289 e. The van der Waals surface area contributed by atoms with E-state index < -0.39 is 35.7 Å². The highest BCUT2D eigenvalue weighted by Gasteiger charge is 2.40. The highest BCUT2D eigenvalue weighted by molar-refractivity contribution is 6.07. The van der Waals surface area contributed by atoms with E-state index in [1.54, 1.807) is 79.7 Å². The van der Waals surface area contributed by atoms with Gasteiger partial charge in [-0.05, 0) is 104 Å². The number of carbonyl (C=O) groups is 6. The van der Waals surface area contributed by atoms with Crippen molar-refractivity contribution in [2.24, 2.45) is 5.92 Å². The number of phenolic OH excluding ortho intramolecular Hbond substituents is 2. The molecule has 326 valence electrons. The van der Waals surface area contributed by atoms with Gasteiger partial charge in [0, 0.05) is 53.6 Å². The number of nitrogens with zero attached hydrogens (tertiary/aromatic N) is 4. The van der Waals surface area contributed by atoms with Gasteiger partial charge in [0.15, 0.2) is 5.82 Å². The predicted octanol–water partition coefficient (Wildman–Crippen LogP) is 5.56. The van der Waals surface area contributed by atoms with Crippen LogP contribution < -0.4 is 26.0 Å². The minimum absolute atomic E-state index is 0.0143. The van der Waals surface area contributed by atoms with Gasteiger partial charge in [-0.25, -0.2) is 0 Å². The van der Waals surface area contributed by atoms with Crippen molar-refractivity contribution in [1.82, 2.24) is 35.6 Å². The van der Waals surface area contributed by atoms with E-state index in [0.29, 0.717) is 52.5 Å². The Hall–Kier alpha value is -7.56. The van der Waals surface area contributed by atoms with Crippen molar-refractivity contribution in [2.45, 2.75) is 78.4 Å². The first kappa shape index (κ1) is 43.5. The van der Waals surface area contributed by atoms with Crippen LogP contribution in [0.3, 0.4) is 0 Å². The lowest BCUT2D eigenvalue weighted by molar-refractivity contribution is -0.137. The van der Waals surface area contributed by atoms with Gasteiger partial charge in [-0.15, -0.1) is 10.2 Å². The lowest BCUT2D eigenvalue weighted by Crippen LogP contribution is -2.52. The van der Waals surface area contributed by atoms with Crippen LogP contribution in [-0.2, 0) is 20.9 Å². The van der Waals surface area contributed by atoms with Gasteiger partial charge in [0.05, 0.1) is 5.56 Å². The Kier molecular flexibility index (Phi) is 12.6. The monoisotopic (exact) mass is 856 g/mol. The third kappa shape index (κ3) is 9.22. The average molecular weight is 857 g/mol. The maximum atomic E-state index is 13.8. The van der Waals surface area contributed by atoms with Crippen LogP contribution in [0.5, 0.6) is 23.0 Å². The largest absolute Gasteiger partial charge is 0.508 e. The minimum atomic E-state index is -0.929. The summed E-state index contributed by atoms with van der Waals surface area (Å²) in [6, 6.07) is 19.2. The van der Waals surface area contributed by atoms with Gasteiger partial charge >= 0.3 is 0 Å². The van der Waals surface area contributed by atoms with E-state index in [0.717, 1.165) is 0 Å². The number of anilines is 1. The summed E-state index contributed by atoms with van der Waals surface area (Å²) in [6.45, 7) is 9.86. The topological polar surface area (TPSA) is 234 Å². The lowest BCUT2D eigenvalue weighted by atomic mass is 9.98. The number of carbonyl (C=O) groups excluding carboxylic acids is 6. The maximum absolute atomic E-state index is 13.8. The molecular weight excluding hydrogens is 809 g/mol. The molecule has 0 bridgehead atoms. The second-order valence-corrected chi connectivity index (χ2v) is 16.1. The molecule has 7 rings (SSSR count). The first-order valence-electron chi connectivity index (χ1n) is 20.7. The van der Waals surface area contributed by atoms with Crippen molar-refractivity contribution >= 4 is 41.1 Å². The summed E-state index contributed by atoms with van der Waals surface area (Å²) < 4.78 is 7.59. The highest BCUT2D eigenvalue weighted by Crippen LogP contribution is 2.39. The number of ether oxygens (including phenoxy) is 1. The molecule has 0 spiro atoms. The Morgan fingerprint density at radius 3 is 2.22 bits per heavy atom. The van der Waals surface area contributed by atoms with E-state index in [2.05, 4.69) is 31.5 Å². The second kappa shape index (κ2) is 18.2. The number of fused-ring (bicyclic) bond motifs is 1. The molecule has 4 aromatic carbocycles. The first-order chi connectivity index (χ1) is 30.1. The van der Waals surface area contributed by atoms with Crippen molar-refractivity contribution in [3.05, 3.63) is 107 Å². The number of imide groups is 1. The van der Waals surface area contributed by atoms with Crippen LogP contribution in [0.1, 0.15) is 102 Å². The van der Waals surface area contributed by atoms with Crippen LogP contribution in [0.15, 0.2) is 78.9 Å². The molecule has 5 aromatic rings. The zero-order valence-corrected chi connectivity index (χ0v) is 35.4. The zero-order valence-electron chi connectivity index (χ0n) is 35.4. The molecule has 0 aliphatic carbocycles. The molecule has 3 heterocycles. The molecule has 6 N–H and O–H groups in total. The smallest absolute Gasteiger partial charge is 0.289 e. The Balaban J connectivity index is 1.04. The van der Waals surface area contributed by atoms with E-state index >= 15 is 0 Å². The molecule has 2 aliphatic heterocycles. The lowest BCUT2D eigenvalue weighted by Gasteiger charge is -2.29. The quantitative estimate of drug-likeness (QED) is 0.0758. The van der Waals surface area contributed by atoms with E-state index in [1.807, 2.05) is 27.7 Å². The molecule has 1 unspecified atom stereocenters. The Bertz CT molecular complexity index is 2600. The number of piperidine rings is 1. The van der Waals surface area contributed by atoms with Crippen molar-refractivity contribution in [3.8, 4) is 40.1 Å². The molecule has 2 aliphatic rings. The molecule has 1 saturated heterocycles. The number of benzene rings is 4. The van der Waals surface area contributed by atoms with E-state index in [1.165, 1.54) is 15.5 Å². The van der Waals surface area contributed by atoms with E-state index in [9.17, 15) is 39.0 Å². The van der Waals surface area contributed by atoms with Gasteiger partial charge in [-0.1, -0.05) is 33.8 Å². The molecule has 63 heavy (non-hydrogen) atoms. The van der Waals surface area contributed by atoms with Crippen LogP contribution in [0.2, 0.25) is 0 Å². The third-order valence-corrected chi connectivity index (χ3v) is 10.8. The molecule has 2 atom stereocenters. The third-order valence-electron chi connectivity index (χ3n) is 10.8. The van der Waals surface area contributed by atoms with Gasteiger partial charge in [0.1, 0.15) is 35.1 Å². The summed E-state index contributed by atoms with van der Waals surface area (Å²) in [7, 11) is 0. The molecule has 17 heteroatoms. The van der Waals surface area contributed by atoms with Gasteiger partial charge in [-0.2, -0.15) is 0 Å². The number of nitrogens with one attached hydrogen (secondary N) is 4. The highest BCUT2D eigenvalue weighted by atomic mass is 16.5. The number of aromatic nitrogens is 3. The number of hydrogen-bond donors (Lipinski definition) is 6. The van der Waals surface area contributed by atoms with Crippen molar-refractivity contribution in [2.75, 3.05) is 11.9 Å². The van der Waals surface area contributed by atoms with Crippen LogP contribution in [0.4, 0.5) is 5.69 Å². The summed E-state index contributed by atoms with van der Waals surface area (Å²) in [5.41, 5.74) is 2.91. The predicted molar refractivity (Wildman–Crippen MR) is 231 cm³/mol.